The zero-order chi connectivity index (χ0) is 18.2. The molecule has 9 heteroatoms. The summed E-state index contributed by atoms with van der Waals surface area (Å²) >= 11 is 0. The number of amides is 1. The summed E-state index contributed by atoms with van der Waals surface area (Å²) in [6.07, 6.45) is -2.69. The third-order valence-corrected chi connectivity index (χ3v) is 2.91. The highest BCUT2D eigenvalue weighted by molar-refractivity contribution is 6.08. The van der Waals surface area contributed by atoms with Crippen LogP contribution in [0.3, 0.4) is 0 Å². The van der Waals surface area contributed by atoms with Crippen molar-refractivity contribution in [3.63, 3.8) is 0 Å². The number of carboxylic acid groups (broad SMARTS) is 2. The van der Waals surface area contributed by atoms with E-state index in [4.69, 9.17) is 4.74 Å². The van der Waals surface area contributed by atoms with E-state index in [0.29, 0.717) is 5.56 Å². The van der Waals surface area contributed by atoms with Crippen LogP contribution in [0.5, 0.6) is 0 Å². The molecular formula is C15H17NO8. The molecule has 24 heavy (non-hydrogen) atoms. The minimum Gasteiger partial charge on any atom is -0.550 e. The van der Waals surface area contributed by atoms with Gasteiger partial charge in [0.15, 0.2) is 5.54 Å². The Balaban J connectivity index is 0. The first-order chi connectivity index (χ1) is 11.3. The molecule has 0 heterocycles. The highest BCUT2D eigenvalue weighted by Gasteiger charge is 2.44. The second kappa shape index (κ2) is 8.51. The molecule has 0 saturated carbocycles. The lowest BCUT2D eigenvalue weighted by molar-refractivity contribution is -0.322. The Morgan fingerprint density at radius 1 is 1.12 bits per heavy atom. The van der Waals surface area contributed by atoms with E-state index in [1.165, 1.54) is 6.92 Å². The summed E-state index contributed by atoms with van der Waals surface area (Å²) in [5, 5.41) is 23.8. The summed E-state index contributed by atoms with van der Waals surface area (Å²) in [6.45, 7) is 0.927. The van der Waals surface area contributed by atoms with Crippen LogP contribution in [-0.4, -0.2) is 36.1 Å². The number of esters is 1. The summed E-state index contributed by atoms with van der Waals surface area (Å²) in [5.41, 5.74) is -2.34. The smallest absolute Gasteiger partial charge is 0.550 e. The van der Waals surface area contributed by atoms with Crippen molar-refractivity contribution in [1.29, 1.82) is 0 Å². The first kappa shape index (κ1) is 18.9. The molecule has 0 aliphatic heterocycles. The number of carbonyl (C=O) groups is 4. The highest BCUT2D eigenvalue weighted by atomic mass is 16.6. The van der Waals surface area contributed by atoms with Gasteiger partial charge in [-0.15, -0.1) is 0 Å². The molecule has 0 aromatic heterocycles. The number of rotatable bonds is 8. The number of alkyl carbamates (subject to hydrolysis) is 1. The van der Waals surface area contributed by atoms with Crippen molar-refractivity contribution in [2.75, 3.05) is 6.61 Å². The number of nitrogens with one attached hydrogen (secondary N) is 1. The molecule has 1 amide bonds. The van der Waals surface area contributed by atoms with E-state index in [9.17, 15) is 29.4 Å². The summed E-state index contributed by atoms with van der Waals surface area (Å²) in [6, 6.07) is 8.41. The summed E-state index contributed by atoms with van der Waals surface area (Å²) in [4.78, 5) is 45.7. The molecule has 1 N–H and O–H groups in total. The van der Waals surface area contributed by atoms with Crippen molar-refractivity contribution in [3.05, 3.63) is 35.9 Å². The van der Waals surface area contributed by atoms with Crippen molar-refractivity contribution in [3.8, 4) is 0 Å². The van der Waals surface area contributed by atoms with Gasteiger partial charge < -0.3 is 29.3 Å². The van der Waals surface area contributed by atoms with Gasteiger partial charge in [0.2, 0.25) is 0 Å². The van der Waals surface area contributed by atoms with Gasteiger partial charge >= 0.3 is 14.9 Å². The maximum Gasteiger partial charge on any atom is 1.00 e. The van der Waals surface area contributed by atoms with E-state index in [2.05, 4.69) is 4.74 Å². The van der Waals surface area contributed by atoms with Crippen LogP contribution in [0.2, 0.25) is 0 Å². The van der Waals surface area contributed by atoms with Crippen LogP contribution in [-0.2, 0) is 30.5 Å². The molecule has 9 nitrogen and oxygen atoms in total. The van der Waals surface area contributed by atoms with E-state index in [0.717, 1.165) is 0 Å². The second-order valence-corrected chi connectivity index (χ2v) is 4.65. The monoisotopic (exact) mass is 339 g/mol. The van der Waals surface area contributed by atoms with Crippen molar-refractivity contribution in [2.24, 2.45) is 0 Å². The maximum atomic E-state index is 11.8. The Labute approximate surface area is 140 Å². The van der Waals surface area contributed by atoms with Crippen LogP contribution < -0.4 is 15.5 Å². The van der Waals surface area contributed by atoms with Gasteiger partial charge in [0.25, 0.3) is 0 Å². The number of carboxylic acids is 2. The fraction of sp³-hybridized carbons (Fsp3) is 0.333. The Hall–Kier alpha value is -3.10. The van der Waals surface area contributed by atoms with Crippen LogP contribution in [0.15, 0.2) is 30.3 Å². The van der Waals surface area contributed by atoms with Gasteiger partial charge in [0.1, 0.15) is 6.61 Å². The molecule has 130 valence electrons. The molecule has 1 unspecified atom stereocenters. The Morgan fingerprint density at radius 3 is 2.25 bits per heavy atom. The normalized spacial score (nSPS) is 12.5. The zero-order valence-electron chi connectivity index (χ0n) is 14.8. The quantitative estimate of drug-likeness (QED) is 0.437. The predicted molar refractivity (Wildman–Crippen MR) is 76.0 cm³/mol. The van der Waals surface area contributed by atoms with Crippen LogP contribution in [0.1, 0.15) is 21.8 Å². The molecule has 0 spiro atoms. The van der Waals surface area contributed by atoms with Crippen molar-refractivity contribution < 1.29 is 41.7 Å². The van der Waals surface area contributed by atoms with Gasteiger partial charge in [0.05, 0.1) is 12.6 Å². The molecule has 0 bridgehead atoms. The lowest BCUT2D eigenvalue weighted by Crippen LogP contribution is -2.67. The van der Waals surface area contributed by atoms with Crippen LogP contribution in [0.4, 0.5) is 4.79 Å². The number of ether oxygens (including phenoxy) is 2. The van der Waals surface area contributed by atoms with Crippen LogP contribution in [0, 0.1) is 0 Å². The number of hydrogen-bond acceptors (Lipinski definition) is 8. The first-order valence-electron chi connectivity index (χ1n) is 6.89. The maximum absolute atomic E-state index is 11.8. The van der Waals surface area contributed by atoms with Crippen molar-refractivity contribution in [1.82, 2.24) is 5.32 Å². The number of carbonyl (C=O) groups excluding carboxylic acids is 4. The molecule has 0 fully saturated rings. The van der Waals surface area contributed by atoms with Crippen molar-refractivity contribution >= 4 is 24.0 Å². The molecule has 1 aromatic carbocycles. The lowest BCUT2D eigenvalue weighted by Gasteiger charge is -2.32. The average molecular weight is 339 g/mol. The minimum absolute atomic E-state index is 0. The fourth-order valence-electron chi connectivity index (χ4n) is 1.78. The molecular weight excluding hydrogens is 322 g/mol. The number of benzene rings is 1. The van der Waals surface area contributed by atoms with Crippen molar-refractivity contribution in [2.45, 2.75) is 25.5 Å². The largest absolute Gasteiger partial charge is 1.00 e. The third kappa shape index (κ3) is 4.97. The van der Waals surface area contributed by atoms with Crippen LogP contribution in [0.25, 0.3) is 0 Å². The molecule has 0 aliphatic carbocycles. The Kier molecular flexibility index (Phi) is 6.72. The lowest BCUT2D eigenvalue weighted by atomic mass is 9.95. The van der Waals surface area contributed by atoms with Gasteiger partial charge in [-0.05, 0) is 12.5 Å². The molecule has 0 radical (unpaired) electrons. The number of hydrogen-bond donors (Lipinski definition) is 1. The van der Waals surface area contributed by atoms with E-state index in [-0.39, 0.29) is 16.1 Å². The molecule has 1 rings (SSSR count). The van der Waals surface area contributed by atoms with Gasteiger partial charge in [-0.1, -0.05) is 30.3 Å². The summed E-state index contributed by atoms with van der Waals surface area (Å²) in [7, 11) is 0. The summed E-state index contributed by atoms with van der Waals surface area (Å²) < 4.78 is 9.29. The Bertz CT molecular complexity index is 625. The van der Waals surface area contributed by atoms with E-state index in [1.54, 1.807) is 35.6 Å². The van der Waals surface area contributed by atoms with Crippen LogP contribution >= 0.6 is 0 Å². The second-order valence-electron chi connectivity index (χ2n) is 4.65. The Morgan fingerprint density at radius 2 is 1.75 bits per heavy atom. The third-order valence-electron chi connectivity index (χ3n) is 2.91. The summed E-state index contributed by atoms with van der Waals surface area (Å²) in [5.74, 6) is -5.54. The van der Waals surface area contributed by atoms with Gasteiger partial charge in [0, 0.05) is 12.4 Å². The zero-order valence-corrected chi connectivity index (χ0v) is 12.8. The van der Waals surface area contributed by atoms with E-state index >= 15 is 0 Å². The van der Waals surface area contributed by atoms with Gasteiger partial charge in [-0.2, -0.15) is 0 Å². The highest BCUT2D eigenvalue weighted by Crippen LogP contribution is 2.13. The van der Waals surface area contributed by atoms with E-state index in [1.807, 2.05) is 0 Å². The topological polar surface area (TPSA) is 145 Å². The molecule has 1 aromatic rings. The van der Waals surface area contributed by atoms with Gasteiger partial charge in [-0.25, -0.2) is 9.59 Å². The van der Waals surface area contributed by atoms with E-state index < -0.39 is 36.0 Å². The number of aliphatic carboxylic acids is 2. The average Bonchev–Trinajstić information content (AvgIpc) is 2.52. The van der Waals surface area contributed by atoms with Gasteiger partial charge in [-0.3, -0.25) is 5.32 Å². The first-order valence-corrected chi connectivity index (χ1v) is 6.89. The molecule has 1 atom stereocenters. The molecule has 0 saturated heterocycles. The standard InChI is InChI=1S/C15H17NO8/c1-2-23-13(21)15(12(19)20,8-11(17)18)16-14(22)24-9-10-6-4-3-5-7-10/h3-7H,2,8-9H2,1H3,(H,16,22)(H,17,18)(H,19,20). The SMILES string of the molecule is CCOC(=O)C(CC(=O)[O-])(NC(=O)OCc1ccccc1)C(=O)[O-].[H+].[H+]. The minimum atomic E-state index is -2.94. The predicted octanol–water partition coefficient (Wildman–Crippen LogP) is -1.67. The fourth-order valence-corrected chi connectivity index (χ4v) is 1.78. The molecule has 0 aliphatic rings.